The number of nitrogens with zero attached hydrogens (tertiary/aromatic N) is 2. The number of rotatable bonds is 10. The summed E-state index contributed by atoms with van der Waals surface area (Å²) in [6.45, 7) is 14.7. The van der Waals surface area contributed by atoms with Crippen LogP contribution in [0.1, 0.15) is 59.3 Å². The van der Waals surface area contributed by atoms with Crippen molar-refractivity contribution in [2.24, 2.45) is 16.3 Å². The third kappa shape index (κ3) is 6.78. The minimum absolute atomic E-state index is 0.365. The number of likely N-dealkylation sites (tertiary alicyclic amines) is 1. The summed E-state index contributed by atoms with van der Waals surface area (Å²) in [5.74, 6) is 1.75. The molecule has 0 aromatic carbocycles. The van der Waals surface area contributed by atoms with E-state index in [2.05, 4.69) is 36.3 Å². The van der Waals surface area contributed by atoms with Crippen LogP contribution in [0.5, 0.6) is 0 Å². The number of aliphatic imine (C=N–C) groups is 1. The minimum atomic E-state index is 0.365. The van der Waals surface area contributed by atoms with E-state index < -0.39 is 0 Å². The first-order chi connectivity index (χ1) is 12.2. The van der Waals surface area contributed by atoms with Crippen LogP contribution < -0.4 is 10.6 Å². The largest absolute Gasteiger partial charge is 0.382 e. The average Bonchev–Trinajstić information content (AvgIpc) is 3.27. The van der Waals surface area contributed by atoms with E-state index in [9.17, 15) is 0 Å². The zero-order valence-electron chi connectivity index (χ0n) is 16.8. The van der Waals surface area contributed by atoms with Crippen LogP contribution in [-0.4, -0.2) is 63.3 Å². The van der Waals surface area contributed by atoms with Crippen molar-refractivity contribution in [2.45, 2.75) is 59.3 Å². The normalized spacial score (nSPS) is 24.0. The van der Waals surface area contributed by atoms with Gasteiger partial charge in [-0.05, 0) is 64.0 Å². The van der Waals surface area contributed by atoms with Gasteiger partial charge in [-0.3, -0.25) is 4.99 Å². The summed E-state index contributed by atoms with van der Waals surface area (Å²) < 4.78 is 5.63. The predicted molar refractivity (Wildman–Crippen MR) is 106 cm³/mol. The van der Waals surface area contributed by atoms with E-state index in [1.807, 2.05) is 0 Å². The first-order valence-corrected chi connectivity index (χ1v) is 10.5. The molecule has 1 atom stereocenters. The Kier molecular flexibility index (Phi) is 9.04. The van der Waals surface area contributed by atoms with Crippen LogP contribution in [0.3, 0.4) is 0 Å². The Balaban J connectivity index is 1.84. The van der Waals surface area contributed by atoms with Crippen LogP contribution in [-0.2, 0) is 4.74 Å². The number of guanidine groups is 1. The molecule has 1 saturated heterocycles. The van der Waals surface area contributed by atoms with Gasteiger partial charge in [0.2, 0.25) is 0 Å². The SMILES string of the molecule is CCNC(=NCC1(CCOCC)CCCC1)NCC1CCN(CC)C1. The van der Waals surface area contributed by atoms with Gasteiger partial charge in [0, 0.05) is 39.4 Å². The van der Waals surface area contributed by atoms with E-state index >= 15 is 0 Å². The molecule has 25 heavy (non-hydrogen) atoms. The maximum Gasteiger partial charge on any atom is 0.191 e. The van der Waals surface area contributed by atoms with Gasteiger partial charge in [-0.15, -0.1) is 0 Å². The first-order valence-electron chi connectivity index (χ1n) is 10.5. The lowest BCUT2D eigenvalue weighted by atomic mass is 9.83. The lowest BCUT2D eigenvalue weighted by Gasteiger charge is -2.27. The van der Waals surface area contributed by atoms with Crippen molar-refractivity contribution in [1.82, 2.24) is 15.5 Å². The fraction of sp³-hybridized carbons (Fsp3) is 0.950. The van der Waals surface area contributed by atoms with E-state index in [0.29, 0.717) is 5.41 Å². The summed E-state index contributed by atoms with van der Waals surface area (Å²) in [5.41, 5.74) is 0.365. The maximum atomic E-state index is 5.63. The average molecular weight is 353 g/mol. The van der Waals surface area contributed by atoms with Gasteiger partial charge in [-0.25, -0.2) is 0 Å². The molecule has 1 aliphatic carbocycles. The molecule has 0 amide bonds. The summed E-state index contributed by atoms with van der Waals surface area (Å²) in [7, 11) is 0. The Morgan fingerprint density at radius 3 is 2.64 bits per heavy atom. The molecule has 0 spiro atoms. The van der Waals surface area contributed by atoms with E-state index in [1.165, 1.54) is 51.7 Å². The van der Waals surface area contributed by atoms with E-state index in [1.54, 1.807) is 0 Å². The van der Waals surface area contributed by atoms with Gasteiger partial charge < -0.3 is 20.3 Å². The molecule has 2 aliphatic rings. The fourth-order valence-corrected chi connectivity index (χ4v) is 4.24. The van der Waals surface area contributed by atoms with Gasteiger partial charge in [0.05, 0.1) is 0 Å². The Morgan fingerprint density at radius 1 is 1.20 bits per heavy atom. The van der Waals surface area contributed by atoms with Gasteiger partial charge >= 0.3 is 0 Å². The molecule has 1 saturated carbocycles. The van der Waals surface area contributed by atoms with Crippen LogP contribution in [0, 0.1) is 11.3 Å². The van der Waals surface area contributed by atoms with Gasteiger partial charge in [0.25, 0.3) is 0 Å². The fourth-order valence-electron chi connectivity index (χ4n) is 4.24. The van der Waals surface area contributed by atoms with Crippen LogP contribution in [0.4, 0.5) is 0 Å². The van der Waals surface area contributed by atoms with Gasteiger partial charge in [-0.1, -0.05) is 19.8 Å². The van der Waals surface area contributed by atoms with Crippen molar-refractivity contribution in [3.8, 4) is 0 Å². The smallest absolute Gasteiger partial charge is 0.191 e. The van der Waals surface area contributed by atoms with Crippen LogP contribution in [0.2, 0.25) is 0 Å². The lowest BCUT2D eigenvalue weighted by molar-refractivity contribution is 0.107. The van der Waals surface area contributed by atoms with Crippen molar-refractivity contribution >= 4 is 5.96 Å². The molecule has 2 fully saturated rings. The van der Waals surface area contributed by atoms with Gasteiger partial charge in [-0.2, -0.15) is 0 Å². The molecule has 2 N–H and O–H groups in total. The lowest BCUT2D eigenvalue weighted by Crippen LogP contribution is -2.41. The molecule has 0 radical (unpaired) electrons. The van der Waals surface area contributed by atoms with E-state index in [-0.39, 0.29) is 0 Å². The van der Waals surface area contributed by atoms with Crippen molar-refractivity contribution in [3.05, 3.63) is 0 Å². The summed E-state index contributed by atoms with van der Waals surface area (Å²) >= 11 is 0. The number of ether oxygens (including phenoxy) is 1. The second kappa shape index (κ2) is 11.0. The monoisotopic (exact) mass is 352 g/mol. The molecule has 0 bridgehead atoms. The topological polar surface area (TPSA) is 48.9 Å². The molecule has 5 nitrogen and oxygen atoms in total. The second-order valence-electron chi connectivity index (χ2n) is 7.78. The number of hydrogen-bond donors (Lipinski definition) is 2. The first kappa shape index (κ1) is 20.5. The molecular formula is C20H40N4O. The zero-order valence-corrected chi connectivity index (χ0v) is 16.8. The highest BCUT2D eigenvalue weighted by Crippen LogP contribution is 2.41. The zero-order chi connectivity index (χ0) is 18.0. The molecular weight excluding hydrogens is 312 g/mol. The maximum absolute atomic E-state index is 5.63. The van der Waals surface area contributed by atoms with Crippen LogP contribution in [0.25, 0.3) is 0 Å². The standard InChI is InChI=1S/C20H40N4O/c1-4-21-19(22-15-18-9-13-24(5-2)16-18)23-17-20(10-7-8-11-20)12-14-25-6-3/h18H,4-17H2,1-3H3,(H2,21,22,23). The van der Waals surface area contributed by atoms with E-state index in [0.717, 1.165) is 51.1 Å². The quantitative estimate of drug-likeness (QED) is 0.361. The molecule has 5 heteroatoms. The Hall–Kier alpha value is -0.810. The van der Waals surface area contributed by atoms with Gasteiger partial charge in [0.1, 0.15) is 0 Å². The van der Waals surface area contributed by atoms with Crippen molar-refractivity contribution in [2.75, 3.05) is 52.5 Å². The van der Waals surface area contributed by atoms with Crippen molar-refractivity contribution in [3.63, 3.8) is 0 Å². The Bertz CT molecular complexity index is 393. The van der Waals surface area contributed by atoms with Crippen molar-refractivity contribution < 1.29 is 4.74 Å². The molecule has 1 heterocycles. The third-order valence-electron chi connectivity index (χ3n) is 5.94. The summed E-state index contributed by atoms with van der Waals surface area (Å²) in [4.78, 5) is 7.51. The second-order valence-corrected chi connectivity index (χ2v) is 7.78. The minimum Gasteiger partial charge on any atom is -0.382 e. The summed E-state index contributed by atoms with van der Waals surface area (Å²) in [5, 5.41) is 7.03. The molecule has 1 unspecified atom stereocenters. The predicted octanol–water partition coefficient (Wildman–Crippen LogP) is 2.87. The van der Waals surface area contributed by atoms with Crippen molar-refractivity contribution in [1.29, 1.82) is 0 Å². The molecule has 146 valence electrons. The third-order valence-corrected chi connectivity index (χ3v) is 5.94. The highest BCUT2D eigenvalue weighted by atomic mass is 16.5. The Morgan fingerprint density at radius 2 is 2.00 bits per heavy atom. The number of nitrogens with one attached hydrogen (secondary N) is 2. The van der Waals surface area contributed by atoms with Gasteiger partial charge in [0.15, 0.2) is 5.96 Å². The van der Waals surface area contributed by atoms with E-state index in [4.69, 9.17) is 9.73 Å². The molecule has 0 aromatic rings. The van der Waals surface area contributed by atoms with Crippen LogP contribution >= 0.6 is 0 Å². The van der Waals surface area contributed by atoms with Crippen LogP contribution in [0.15, 0.2) is 4.99 Å². The number of hydrogen-bond acceptors (Lipinski definition) is 3. The molecule has 2 rings (SSSR count). The molecule has 1 aliphatic heterocycles. The molecule has 0 aromatic heterocycles. The highest BCUT2D eigenvalue weighted by molar-refractivity contribution is 5.79. The summed E-state index contributed by atoms with van der Waals surface area (Å²) in [6.07, 6.45) is 7.76. The summed E-state index contributed by atoms with van der Waals surface area (Å²) in [6, 6.07) is 0. The highest BCUT2D eigenvalue weighted by Gasteiger charge is 2.33. The Labute approximate surface area is 155 Å².